The molecule has 0 spiro atoms. The lowest BCUT2D eigenvalue weighted by molar-refractivity contribution is 0.0951. The quantitative estimate of drug-likeness (QED) is 0.321. The van der Waals surface area contributed by atoms with Gasteiger partial charge < -0.3 is 5.73 Å². The molecule has 5 heteroatoms. The molecule has 5 nitrogen and oxygen atoms in total. The predicted octanol–water partition coefficient (Wildman–Crippen LogP) is -0.611. The average molecular weight is 179 g/mol. The minimum Gasteiger partial charge on any atom is -0.366 e. The highest BCUT2D eigenvalue weighted by atomic mass is 16.2. The number of nitrogens with two attached hydrogens (primary N) is 2. The number of hydrazine groups is 1. The van der Waals surface area contributed by atoms with Crippen molar-refractivity contribution in [3.8, 4) is 0 Å². The lowest BCUT2D eigenvalue weighted by Crippen LogP contribution is -2.29. The summed E-state index contributed by atoms with van der Waals surface area (Å²) in [5.74, 6) is 3.98. The van der Waals surface area contributed by atoms with Crippen molar-refractivity contribution in [2.75, 3.05) is 0 Å². The molecule has 0 saturated carbocycles. The Morgan fingerprint density at radius 1 is 1.08 bits per heavy atom. The second-order valence-electron chi connectivity index (χ2n) is 2.42. The summed E-state index contributed by atoms with van der Waals surface area (Å²) in [7, 11) is 0. The number of hydrogen-bond acceptors (Lipinski definition) is 3. The SMILES string of the molecule is NNC(=O)c1ccc(C(N)=O)cc1. The zero-order valence-corrected chi connectivity index (χ0v) is 6.78. The van der Waals surface area contributed by atoms with E-state index in [2.05, 4.69) is 0 Å². The van der Waals surface area contributed by atoms with E-state index in [9.17, 15) is 9.59 Å². The molecule has 0 aromatic heterocycles. The molecule has 0 aliphatic heterocycles. The largest absolute Gasteiger partial charge is 0.366 e. The molecule has 0 aliphatic carbocycles. The van der Waals surface area contributed by atoms with Gasteiger partial charge in [-0.1, -0.05) is 0 Å². The Bertz CT molecular complexity index is 332. The Balaban J connectivity index is 2.93. The van der Waals surface area contributed by atoms with Gasteiger partial charge in [-0.05, 0) is 24.3 Å². The molecule has 2 amide bonds. The maximum Gasteiger partial charge on any atom is 0.265 e. The second-order valence-corrected chi connectivity index (χ2v) is 2.42. The number of amides is 2. The summed E-state index contributed by atoms with van der Waals surface area (Å²) in [6.07, 6.45) is 0. The molecule has 1 rings (SSSR count). The van der Waals surface area contributed by atoms with E-state index in [1.807, 2.05) is 5.43 Å². The Morgan fingerprint density at radius 2 is 1.54 bits per heavy atom. The first-order chi connectivity index (χ1) is 6.15. The Labute approximate surface area is 74.7 Å². The molecule has 1 aromatic rings. The monoisotopic (exact) mass is 179 g/mol. The van der Waals surface area contributed by atoms with Crippen molar-refractivity contribution in [2.24, 2.45) is 11.6 Å². The minimum absolute atomic E-state index is 0.355. The van der Waals surface area contributed by atoms with Gasteiger partial charge >= 0.3 is 0 Å². The van der Waals surface area contributed by atoms with Crippen LogP contribution < -0.4 is 17.0 Å². The number of hydrogen-bond donors (Lipinski definition) is 3. The number of nitrogens with one attached hydrogen (secondary N) is 1. The molecule has 0 bridgehead atoms. The van der Waals surface area contributed by atoms with E-state index >= 15 is 0 Å². The van der Waals surface area contributed by atoms with Crippen LogP contribution in [-0.2, 0) is 0 Å². The molecule has 0 fully saturated rings. The second kappa shape index (κ2) is 3.68. The number of primary amides is 1. The third-order valence-electron chi connectivity index (χ3n) is 1.56. The fourth-order valence-corrected chi connectivity index (χ4v) is 0.869. The van der Waals surface area contributed by atoms with Crippen LogP contribution in [0, 0.1) is 0 Å². The van der Waals surface area contributed by atoms with Crippen LogP contribution in [0.1, 0.15) is 20.7 Å². The van der Waals surface area contributed by atoms with Crippen molar-refractivity contribution in [3.05, 3.63) is 35.4 Å². The van der Waals surface area contributed by atoms with Gasteiger partial charge in [0.25, 0.3) is 5.91 Å². The molecule has 0 atom stereocenters. The number of carbonyl (C=O) groups is 2. The number of carbonyl (C=O) groups excluding carboxylic acids is 2. The van der Waals surface area contributed by atoms with E-state index in [4.69, 9.17) is 11.6 Å². The summed E-state index contributed by atoms with van der Waals surface area (Å²) in [5, 5.41) is 0. The number of nitrogen functional groups attached to an aromatic ring is 1. The van der Waals surface area contributed by atoms with Crippen LogP contribution in [0.2, 0.25) is 0 Å². The van der Waals surface area contributed by atoms with E-state index in [0.29, 0.717) is 11.1 Å². The number of rotatable bonds is 2. The molecular formula is C8H9N3O2. The molecule has 0 unspecified atom stereocenters. The first kappa shape index (κ1) is 9.21. The van der Waals surface area contributed by atoms with Gasteiger partial charge in [0.15, 0.2) is 0 Å². The molecule has 5 N–H and O–H groups in total. The summed E-state index contributed by atoms with van der Waals surface area (Å²) in [4.78, 5) is 21.6. The van der Waals surface area contributed by atoms with Gasteiger partial charge in [-0.2, -0.15) is 0 Å². The van der Waals surface area contributed by atoms with Crippen LogP contribution in [0.3, 0.4) is 0 Å². The first-order valence-electron chi connectivity index (χ1n) is 3.56. The molecule has 0 radical (unpaired) electrons. The molecule has 68 valence electrons. The third kappa shape index (κ3) is 2.03. The zero-order valence-electron chi connectivity index (χ0n) is 6.78. The lowest BCUT2D eigenvalue weighted by atomic mass is 10.1. The molecule has 0 saturated heterocycles. The fourth-order valence-electron chi connectivity index (χ4n) is 0.869. The molecular weight excluding hydrogens is 170 g/mol. The van der Waals surface area contributed by atoms with Crippen LogP contribution in [0.15, 0.2) is 24.3 Å². The maximum absolute atomic E-state index is 10.9. The van der Waals surface area contributed by atoms with Gasteiger partial charge in [-0.3, -0.25) is 15.0 Å². The first-order valence-corrected chi connectivity index (χ1v) is 3.56. The van der Waals surface area contributed by atoms with Gasteiger partial charge in [0.2, 0.25) is 5.91 Å². The van der Waals surface area contributed by atoms with Gasteiger partial charge in [0.05, 0.1) is 0 Å². The van der Waals surface area contributed by atoms with Crippen molar-refractivity contribution in [3.63, 3.8) is 0 Å². The van der Waals surface area contributed by atoms with E-state index in [1.165, 1.54) is 24.3 Å². The predicted molar refractivity (Wildman–Crippen MR) is 46.6 cm³/mol. The summed E-state index contributed by atoms with van der Waals surface area (Å²) in [6.45, 7) is 0. The van der Waals surface area contributed by atoms with E-state index < -0.39 is 11.8 Å². The lowest BCUT2D eigenvalue weighted by Gasteiger charge is -1.99. The van der Waals surface area contributed by atoms with Crippen molar-refractivity contribution < 1.29 is 9.59 Å². The summed E-state index contributed by atoms with van der Waals surface area (Å²) < 4.78 is 0. The van der Waals surface area contributed by atoms with Crippen LogP contribution >= 0.6 is 0 Å². The Hall–Kier alpha value is -1.88. The van der Waals surface area contributed by atoms with E-state index in [0.717, 1.165) is 0 Å². The highest BCUT2D eigenvalue weighted by Gasteiger charge is 2.04. The Morgan fingerprint density at radius 3 is 1.92 bits per heavy atom. The van der Waals surface area contributed by atoms with Crippen LogP contribution in [-0.4, -0.2) is 11.8 Å². The van der Waals surface area contributed by atoms with E-state index in [1.54, 1.807) is 0 Å². The van der Waals surface area contributed by atoms with Gasteiger partial charge in [-0.25, -0.2) is 5.84 Å². The highest BCUT2D eigenvalue weighted by Crippen LogP contribution is 2.02. The van der Waals surface area contributed by atoms with Crippen LogP contribution in [0.25, 0.3) is 0 Å². The summed E-state index contributed by atoms with van der Waals surface area (Å²) in [6, 6.07) is 5.88. The maximum atomic E-state index is 10.9. The highest BCUT2D eigenvalue weighted by molar-refractivity contribution is 5.96. The van der Waals surface area contributed by atoms with Crippen LogP contribution in [0.4, 0.5) is 0 Å². The van der Waals surface area contributed by atoms with Crippen molar-refractivity contribution >= 4 is 11.8 Å². The van der Waals surface area contributed by atoms with Gasteiger partial charge in [-0.15, -0.1) is 0 Å². The number of benzene rings is 1. The normalized spacial score (nSPS) is 9.31. The third-order valence-corrected chi connectivity index (χ3v) is 1.56. The van der Waals surface area contributed by atoms with E-state index in [-0.39, 0.29) is 0 Å². The van der Waals surface area contributed by atoms with Crippen LogP contribution in [0.5, 0.6) is 0 Å². The van der Waals surface area contributed by atoms with Crippen molar-refractivity contribution in [1.82, 2.24) is 5.43 Å². The van der Waals surface area contributed by atoms with Crippen molar-refractivity contribution in [1.29, 1.82) is 0 Å². The average Bonchev–Trinajstić information content (AvgIpc) is 2.17. The summed E-state index contributed by atoms with van der Waals surface area (Å²) >= 11 is 0. The molecule has 0 heterocycles. The topological polar surface area (TPSA) is 98.2 Å². The minimum atomic E-state index is -0.528. The smallest absolute Gasteiger partial charge is 0.265 e. The van der Waals surface area contributed by atoms with Gasteiger partial charge in [0.1, 0.15) is 0 Å². The standard InChI is InChI=1S/C8H9N3O2/c9-7(12)5-1-3-6(4-2-5)8(13)11-10/h1-4H,10H2,(H2,9,12)(H,11,13). The molecule has 1 aromatic carbocycles. The molecule has 13 heavy (non-hydrogen) atoms. The van der Waals surface area contributed by atoms with Gasteiger partial charge in [0, 0.05) is 11.1 Å². The summed E-state index contributed by atoms with van der Waals surface area (Å²) in [5.41, 5.74) is 7.72. The Kier molecular flexibility index (Phi) is 2.61. The molecule has 0 aliphatic rings. The zero-order chi connectivity index (χ0) is 9.84. The van der Waals surface area contributed by atoms with Crippen molar-refractivity contribution in [2.45, 2.75) is 0 Å². The fraction of sp³-hybridized carbons (Fsp3) is 0.